The minimum absolute atomic E-state index is 0.0419. The normalized spacial score (nSPS) is 23.0. The molecule has 0 radical (unpaired) electrons. The molecule has 1 heterocycles. The van der Waals surface area contributed by atoms with Gasteiger partial charge in [-0.15, -0.1) is 0 Å². The van der Waals surface area contributed by atoms with Crippen molar-refractivity contribution in [2.24, 2.45) is 17.3 Å². The summed E-state index contributed by atoms with van der Waals surface area (Å²) in [6.07, 6.45) is -4.68. The van der Waals surface area contributed by atoms with Crippen LogP contribution in [0.4, 0.5) is 18.0 Å². The smallest absolute Gasteiger partial charge is 0.394 e. The van der Waals surface area contributed by atoms with Crippen molar-refractivity contribution in [2.75, 3.05) is 19.6 Å². The van der Waals surface area contributed by atoms with Crippen molar-refractivity contribution < 1.29 is 33.0 Å². The zero-order chi connectivity index (χ0) is 18.2. The van der Waals surface area contributed by atoms with Crippen LogP contribution in [0.5, 0.6) is 0 Å². The molecule has 0 aliphatic carbocycles. The van der Waals surface area contributed by atoms with Gasteiger partial charge in [0.1, 0.15) is 0 Å². The Morgan fingerprint density at radius 2 is 1.70 bits per heavy atom. The first-order valence-corrected chi connectivity index (χ1v) is 7.21. The molecule has 0 aromatic rings. The van der Waals surface area contributed by atoms with Crippen LogP contribution in [0, 0.1) is 17.3 Å². The zero-order valence-electron chi connectivity index (χ0n) is 13.6. The summed E-state index contributed by atoms with van der Waals surface area (Å²) < 4.78 is 38.7. The number of carbonyl (C=O) groups excluding carboxylic acids is 1. The van der Waals surface area contributed by atoms with Gasteiger partial charge in [-0.1, -0.05) is 13.8 Å². The number of rotatable bonds is 4. The topological polar surface area (TPSA) is 89.9 Å². The SMILES string of the molecule is CC(C)(O)C(C)(C)CNC(=O)N1C[C@@H](C(F)(F)F)[C@H](C(=O)O)C1. The van der Waals surface area contributed by atoms with E-state index in [1.54, 1.807) is 27.7 Å². The Morgan fingerprint density at radius 1 is 1.17 bits per heavy atom. The van der Waals surface area contributed by atoms with Gasteiger partial charge in [0, 0.05) is 25.0 Å². The number of carbonyl (C=O) groups is 2. The van der Waals surface area contributed by atoms with E-state index in [0.29, 0.717) is 0 Å². The van der Waals surface area contributed by atoms with E-state index < -0.39 is 54.1 Å². The molecule has 6 nitrogen and oxygen atoms in total. The molecule has 3 N–H and O–H groups in total. The van der Waals surface area contributed by atoms with E-state index in [1.807, 2.05) is 0 Å². The second kappa shape index (κ2) is 6.18. The summed E-state index contributed by atoms with van der Waals surface area (Å²) in [6.45, 7) is 5.40. The Balaban J connectivity index is 2.74. The number of hydrogen-bond acceptors (Lipinski definition) is 3. The second-order valence-electron chi connectivity index (χ2n) is 7.10. The average molecular weight is 340 g/mol. The third-order valence-corrected chi connectivity index (χ3v) is 4.68. The van der Waals surface area contributed by atoms with Crippen molar-refractivity contribution in [3.63, 3.8) is 0 Å². The monoisotopic (exact) mass is 340 g/mol. The highest BCUT2D eigenvalue weighted by atomic mass is 19.4. The molecular formula is C14H23F3N2O4. The summed E-state index contributed by atoms with van der Waals surface area (Å²) >= 11 is 0. The summed E-state index contributed by atoms with van der Waals surface area (Å²) in [5, 5.41) is 21.4. The molecule has 1 fully saturated rings. The van der Waals surface area contributed by atoms with Crippen molar-refractivity contribution in [2.45, 2.75) is 39.5 Å². The predicted octanol–water partition coefficient (Wildman–Crippen LogP) is 1.69. The third-order valence-electron chi connectivity index (χ3n) is 4.68. The van der Waals surface area contributed by atoms with Gasteiger partial charge in [0.15, 0.2) is 0 Å². The number of aliphatic carboxylic acids is 1. The fourth-order valence-electron chi connectivity index (χ4n) is 2.18. The molecule has 23 heavy (non-hydrogen) atoms. The maximum atomic E-state index is 12.9. The Morgan fingerprint density at radius 3 is 2.04 bits per heavy atom. The standard InChI is InChI=1S/C14H23F3N2O4/c1-12(2,13(3,4)23)7-18-11(22)19-5-8(10(20)21)9(6-19)14(15,16)17/h8-9,23H,5-7H2,1-4H3,(H,18,22)(H,20,21)/t8-,9-/m1/s1. The fourth-order valence-corrected chi connectivity index (χ4v) is 2.18. The maximum absolute atomic E-state index is 12.9. The number of aliphatic hydroxyl groups is 1. The van der Waals surface area contributed by atoms with Crippen LogP contribution in [0.3, 0.4) is 0 Å². The highest BCUT2D eigenvalue weighted by molar-refractivity contribution is 5.77. The van der Waals surface area contributed by atoms with Crippen LogP contribution in [-0.4, -0.2) is 58.5 Å². The second-order valence-corrected chi connectivity index (χ2v) is 7.10. The number of carboxylic acid groups (broad SMARTS) is 1. The van der Waals surface area contributed by atoms with Gasteiger partial charge >= 0.3 is 18.2 Å². The molecule has 1 aliphatic rings. The predicted molar refractivity (Wildman–Crippen MR) is 75.7 cm³/mol. The molecule has 0 spiro atoms. The summed E-state index contributed by atoms with van der Waals surface area (Å²) in [5.41, 5.74) is -1.82. The number of halogens is 3. The van der Waals surface area contributed by atoms with Gasteiger partial charge in [-0.25, -0.2) is 4.79 Å². The van der Waals surface area contributed by atoms with E-state index in [0.717, 1.165) is 4.90 Å². The molecule has 1 aliphatic heterocycles. The van der Waals surface area contributed by atoms with Crippen LogP contribution >= 0.6 is 0 Å². The number of nitrogens with one attached hydrogen (secondary N) is 1. The minimum Gasteiger partial charge on any atom is -0.481 e. The number of nitrogens with zero attached hydrogens (tertiary/aromatic N) is 1. The summed E-state index contributed by atoms with van der Waals surface area (Å²) in [7, 11) is 0. The van der Waals surface area contributed by atoms with Gasteiger partial charge in [-0.05, 0) is 13.8 Å². The first-order chi connectivity index (χ1) is 10.2. The number of hydrogen-bond donors (Lipinski definition) is 3. The van der Waals surface area contributed by atoms with E-state index in [-0.39, 0.29) is 6.54 Å². The van der Waals surface area contributed by atoms with Crippen LogP contribution in [0.15, 0.2) is 0 Å². The van der Waals surface area contributed by atoms with Gasteiger partial charge in [-0.2, -0.15) is 13.2 Å². The molecule has 0 unspecified atom stereocenters. The van der Waals surface area contributed by atoms with Gasteiger partial charge in [0.2, 0.25) is 0 Å². The quantitative estimate of drug-likeness (QED) is 0.726. The molecule has 9 heteroatoms. The molecule has 2 atom stereocenters. The van der Waals surface area contributed by atoms with Gasteiger partial charge < -0.3 is 20.4 Å². The Labute approximate surface area is 132 Å². The fraction of sp³-hybridized carbons (Fsp3) is 0.857. The Kier molecular flexibility index (Phi) is 5.25. The summed E-state index contributed by atoms with van der Waals surface area (Å²) in [5.74, 6) is -5.31. The van der Waals surface area contributed by atoms with E-state index in [1.165, 1.54) is 0 Å². The lowest BCUT2D eigenvalue weighted by molar-refractivity contribution is -0.187. The first-order valence-electron chi connectivity index (χ1n) is 7.21. The highest BCUT2D eigenvalue weighted by Gasteiger charge is 2.53. The van der Waals surface area contributed by atoms with Crippen LogP contribution in [0.1, 0.15) is 27.7 Å². The van der Waals surface area contributed by atoms with E-state index in [2.05, 4.69) is 5.32 Å². The number of amides is 2. The molecule has 1 rings (SSSR count). The molecule has 0 bridgehead atoms. The lowest BCUT2D eigenvalue weighted by Gasteiger charge is -2.37. The van der Waals surface area contributed by atoms with Gasteiger partial charge in [0.25, 0.3) is 0 Å². The van der Waals surface area contributed by atoms with Crippen molar-refractivity contribution in [3.8, 4) is 0 Å². The molecule has 1 saturated heterocycles. The number of urea groups is 1. The average Bonchev–Trinajstić information content (AvgIpc) is 2.79. The van der Waals surface area contributed by atoms with Crippen LogP contribution < -0.4 is 5.32 Å². The van der Waals surface area contributed by atoms with Crippen LogP contribution in [0.2, 0.25) is 0 Å². The van der Waals surface area contributed by atoms with Crippen LogP contribution in [-0.2, 0) is 4.79 Å². The number of carboxylic acids is 1. The number of likely N-dealkylation sites (tertiary alicyclic amines) is 1. The van der Waals surface area contributed by atoms with E-state index >= 15 is 0 Å². The zero-order valence-corrected chi connectivity index (χ0v) is 13.6. The van der Waals surface area contributed by atoms with E-state index in [4.69, 9.17) is 5.11 Å². The van der Waals surface area contributed by atoms with Gasteiger partial charge in [0.05, 0.1) is 17.4 Å². The molecule has 2 amide bonds. The molecule has 0 aromatic heterocycles. The summed E-state index contributed by atoms with van der Waals surface area (Å²) in [6, 6.07) is -0.764. The van der Waals surface area contributed by atoms with Crippen LogP contribution in [0.25, 0.3) is 0 Å². The lowest BCUT2D eigenvalue weighted by Crippen LogP contribution is -2.50. The van der Waals surface area contributed by atoms with Crippen molar-refractivity contribution in [1.82, 2.24) is 10.2 Å². The minimum atomic E-state index is -4.68. The molecule has 0 saturated carbocycles. The number of alkyl halides is 3. The largest absolute Gasteiger partial charge is 0.481 e. The Hall–Kier alpha value is -1.51. The maximum Gasteiger partial charge on any atom is 0.394 e. The Bertz CT molecular complexity index is 472. The molecule has 134 valence electrons. The summed E-state index contributed by atoms with van der Waals surface area (Å²) in [4.78, 5) is 23.9. The van der Waals surface area contributed by atoms with Crippen molar-refractivity contribution in [3.05, 3.63) is 0 Å². The lowest BCUT2D eigenvalue weighted by atomic mass is 9.77. The highest BCUT2D eigenvalue weighted by Crippen LogP contribution is 2.37. The van der Waals surface area contributed by atoms with Crippen molar-refractivity contribution in [1.29, 1.82) is 0 Å². The molecular weight excluding hydrogens is 317 g/mol. The third kappa shape index (κ3) is 4.49. The van der Waals surface area contributed by atoms with Crippen molar-refractivity contribution >= 4 is 12.0 Å². The van der Waals surface area contributed by atoms with E-state index in [9.17, 15) is 27.9 Å². The molecule has 0 aromatic carbocycles. The first kappa shape index (κ1) is 19.5. The van der Waals surface area contributed by atoms with Gasteiger partial charge in [-0.3, -0.25) is 4.79 Å².